The second kappa shape index (κ2) is 6.89. The van der Waals surface area contributed by atoms with Crippen molar-refractivity contribution in [3.8, 4) is 0 Å². The summed E-state index contributed by atoms with van der Waals surface area (Å²) in [6.45, 7) is 6.43. The summed E-state index contributed by atoms with van der Waals surface area (Å²) in [5.41, 5.74) is 1.22. The van der Waals surface area contributed by atoms with Gasteiger partial charge in [0.2, 0.25) is 0 Å². The molecule has 0 bridgehead atoms. The van der Waals surface area contributed by atoms with Crippen LogP contribution in [0.15, 0.2) is 24.3 Å². The Bertz CT molecular complexity index is 458. The molecule has 2 unspecified atom stereocenters. The van der Waals surface area contributed by atoms with Gasteiger partial charge in [-0.2, -0.15) is 0 Å². The van der Waals surface area contributed by atoms with Crippen LogP contribution in [0, 0.1) is 17.2 Å². The molecular formula is C18H29FN2. The molecule has 1 saturated carbocycles. The fourth-order valence-corrected chi connectivity index (χ4v) is 3.69. The maximum Gasteiger partial charge on any atom is 0.127 e. The van der Waals surface area contributed by atoms with Crippen molar-refractivity contribution in [2.75, 3.05) is 20.6 Å². The van der Waals surface area contributed by atoms with Gasteiger partial charge in [0.25, 0.3) is 0 Å². The molecule has 0 radical (unpaired) electrons. The van der Waals surface area contributed by atoms with E-state index in [9.17, 15) is 4.39 Å². The molecular weight excluding hydrogens is 263 g/mol. The minimum Gasteiger partial charge on any atom is -0.317 e. The molecule has 0 aliphatic heterocycles. The number of rotatable bonds is 5. The molecule has 1 aromatic rings. The largest absolute Gasteiger partial charge is 0.317 e. The van der Waals surface area contributed by atoms with Crippen LogP contribution < -0.4 is 5.32 Å². The lowest BCUT2D eigenvalue weighted by Crippen LogP contribution is -2.45. The lowest BCUT2D eigenvalue weighted by molar-refractivity contribution is 0.110. The molecule has 3 heteroatoms. The minimum absolute atomic E-state index is 0.0986. The SMILES string of the molecule is CNC1CCC(C)(C)CC1CN(C)Cc1ccccc1F. The van der Waals surface area contributed by atoms with E-state index in [0.717, 1.165) is 12.1 Å². The van der Waals surface area contributed by atoms with Gasteiger partial charge in [0.05, 0.1) is 0 Å². The van der Waals surface area contributed by atoms with Crippen LogP contribution in [0.5, 0.6) is 0 Å². The molecule has 1 aromatic carbocycles. The van der Waals surface area contributed by atoms with Crippen LogP contribution in [0.4, 0.5) is 4.39 Å². The maximum absolute atomic E-state index is 13.8. The normalized spacial score (nSPS) is 25.2. The van der Waals surface area contributed by atoms with Gasteiger partial charge in [-0.05, 0) is 50.8 Å². The highest BCUT2D eigenvalue weighted by atomic mass is 19.1. The third kappa shape index (κ3) is 4.52. The van der Waals surface area contributed by atoms with Gasteiger partial charge in [-0.15, -0.1) is 0 Å². The zero-order valence-electron chi connectivity index (χ0n) is 13.8. The topological polar surface area (TPSA) is 15.3 Å². The first kappa shape index (κ1) is 16.4. The third-order valence-electron chi connectivity index (χ3n) is 4.83. The second-order valence-electron chi connectivity index (χ2n) is 7.35. The Morgan fingerprint density at radius 2 is 2.05 bits per heavy atom. The highest BCUT2D eigenvalue weighted by Crippen LogP contribution is 2.39. The first-order valence-electron chi connectivity index (χ1n) is 8.00. The summed E-state index contributed by atoms with van der Waals surface area (Å²) in [6.07, 6.45) is 3.76. The molecule has 1 fully saturated rings. The van der Waals surface area contributed by atoms with Crippen molar-refractivity contribution in [1.29, 1.82) is 0 Å². The average molecular weight is 292 g/mol. The summed E-state index contributed by atoms with van der Waals surface area (Å²) in [5.74, 6) is 0.536. The van der Waals surface area contributed by atoms with Crippen molar-refractivity contribution in [3.63, 3.8) is 0 Å². The van der Waals surface area contributed by atoms with E-state index in [1.165, 1.54) is 19.3 Å². The lowest BCUT2D eigenvalue weighted by Gasteiger charge is -2.42. The Kier molecular flexibility index (Phi) is 5.39. The molecule has 21 heavy (non-hydrogen) atoms. The standard InChI is InChI=1S/C18H29FN2/c1-18(2)10-9-17(20-3)15(11-18)13-21(4)12-14-7-5-6-8-16(14)19/h5-8,15,17,20H,9-13H2,1-4H3. The fourth-order valence-electron chi connectivity index (χ4n) is 3.69. The summed E-state index contributed by atoms with van der Waals surface area (Å²) >= 11 is 0. The molecule has 118 valence electrons. The van der Waals surface area contributed by atoms with Crippen molar-refractivity contribution in [3.05, 3.63) is 35.6 Å². The molecule has 0 saturated heterocycles. The highest BCUT2D eigenvalue weighted by molar-refractivity contribution is 5.17. The molecule has 0 aromatic heterocycles. The van der Waals surface area contributed by atoms with Crippen molar-refractivity contribution >= 4 is 0 Å². The second-order valence-corrected chi connectivity index (χ2v) is 7.35. The molecule has 1 aliphatic rings. The summed E-state index contributed by atoms with van der Waals surface area (Å²) in [4.78, 5) is 2.26. The number of nitrogens with one attached hydrogen (secondary N) is 1. The third-order valence-corrected chi connectivity index (χ3v) is 4.83. The van der Waals surface area contributed by atoms with Gasteiger partial charge >= 0.3 is 0 Å². The van der Waals surface area contributed by atoms with Crippen molar-refractivity contribution < 1.29 is 4.39 Å². The zero-order valence-corrected chi connectivity index (χ0v) is 13.8. The molecule has 1 N–H and O–H groups in total. The van der Waals surface area contributed by atoms with Gasteiger partial charge < -0.3 is 10.2 Å². The first-order valence-corrected chi connectivity index (χ1v) is 8.00. The van der Waals surface area contributed by atoms with Crippen molar-refractivity contribution in [2.24, 2.45) is 11.3 Å². The molecule has 1 aliphatic carbocycles. The Labute approximate surface area is 128 Å². The van der Waals surface area contributed by atoms with E-state index < -0.39 is 0 Å². The molecule has 0 amide bonds. The van der Waals surface area contributed by atoms with Gasteiger partial charge in [-0.3, -0.25) is 0 Å². The summed E-state index contributed by atoms with van der Waals surface area (Å²) in [5, 5.41) is 3.47. The summed E-state index contributed by atoms with van der Waals surface area (Å²) < 4.78 is 13.8. The summed E-state index contributed by atoms with van der Waals surface area (Å²) in [7, 11) is 4.16. The summed E-state index contributed by atoms with van der Waals surface area (Å²) in [6, 6.07) is 7.67. The predicted molar refractivity (Wildman–Crippen MR) is 86.7 cm³/mol. The predicted octanol–water partition coefficient (Wildman–Crippen LogP) is 3.67. The molecule has 2 atom stereocenters. The monoisotopic (exact) mass is 292 g/mol. The average Bonchev–Trinajstić information content (AvgIpc) is 2.41. The van der Waals surface area contributed by atoms with Gasteiger partial charge in [0.1, 0.15) is 5.82 Å². The van der Waals surface area contributed by atoms with Gasteiger partial charge in [-0.1, -0.05) is 32.0 Å². The van der Waals surface area contributed by atoms with E-state index in [4.69, 9.17) is 0 Å². The Hall–Kier alpha value is -0.930. The first-order chi connectivity index (χ1) is 9.91. The maximum atomic E-state index is 13.8. The lowest BCUT2D eigenvalue weighted by atomic mass is 9.69. The quantitative estimate of drug-likeness (QED) is 0.891. The Morgan fingerprint density at radius 3 is 2.71 bits per heavy atom. The number of halogens is 1. The fraction of sp³-hybridized carbons (Fsp3) is 0.667. The van der Waals surface area contributed by atoms with E-state index >= 15 is 0 Å². The minimum atomic E-state index is -0.0986. The molecule has 0 heterocycles. The zero-order chi connectivity index (χ0) is 15.5. The Balaban J connectivity index is 1.97. The van der Waals surface area contributed by atoms with Crippen LogP contribution in [-0.4, -0.2) is 31.6 Å². The Morgan fingerprint density at radius 1 is 1.33 bits per heavy atom. The van der Waals surface area contributed by atoms with Crippen LogP contribution in [0.2, 0.25) is 0 Å². The van der Waals surface area contributed by atoms with Crippen LogP contribution in [0.25, 0.3) is 0 Å². The van der Waals surface area contributed by atoms with E-state index in [1.807, 2.05) is 12.1 Å². The molecule has 2 rings (SSSR count). The van der Waals surface area contributed by atoms with Crippen LogP contribution in [0.3, 0.4) is 0 Å². The van der Waals surface area contributed by atoms with E-state index in [-0.39, 0.29) is 5.82 Å². The number of benzene rings is 1. The van der Waals surface area contributed by atoms with E-state index in [1.54, 1.807) is 12.1 Å². The van der Waals surface area contributed by atoms with Crippen molar-refractivity contribution in [2.45, 2.75) is 45.7 Å². The van der Waals surface area contributed by atoms with E-state index in [2.05, 4.69) is 38.2 Å². The van der Waals surface area contributed by atoms with Gasteiger partial charge in [0.15, 0.2) is 0 Å². The molecule has 0 spiro atoms. The van der Waals surface area contributed by atoms with Crippen molar-refractivity contribution in [1.82, 2.24) is 10.2 Å². The van der Waals surface area contributed by atoms with Gasteiger partial charge in [-0.25, -0.2) is 4.39 Å². The van der Waals surface area contributed by atoms with Crippen LogP contribution in [-0.2, 0) is 6.54 Å². The molecule has 2 nitrogen and oxygen atoms in total. The number of hydrogen-bond acceptors (Lipinski definition) is 2. The number of nitrogens with zero attached hydrogens (tertiary/aromatic N) is 1. The van der Waals surface area contributed by atoms with Crippen LogP contribution >= 0.6 is 0 Å². The highest BCUT2D eigenvalue weighted by Gasteiger charge is 2.34. The number of hydrogen-bond donors (Lipinski definition) is 1. The van der Waals surface area contributed by atoms with E-state index in [0.29, 0.717) is 23.9 Å². The smallest absolute Gasteiger partial charge is 0.127 e. The van der Waals surface area contributed by atoms with Crippen LogP contribution in [0.1, 0.15) is 38.7 Å². The van der Waals surface area contributed by atoms with Gasteiger partial charge in [0, 0.05) is 24.7 Å².